The molecule has 0 bridgehead atoms. The third-order valence-corrected chi connectivity index (χ3v) is 9.25. The Hall–Kier alpha value is -4.41. The van der Waals surface area contributed by atoms with Crippen molar-refractivity contribution in [1.29, 1.82) is 5.26 Å². The number of nitrogens with zero attached hydrogens (tertiary/aromatic N) is 4. The van der Waals surface area contributed by atoms with Gasteiger partial charge in [-0.05, 0) is 42.8 Å². The van der Waals surface area contributed by atoms with Crippen LogP contribution in [0.4, 0.5) is 20.3 Å². The Balaban J connectivity index is 1.58. The molecule has 0 spiro atoms. The lowest BCUT2D eigenvalue weighted by molar-refractivity contribution is -0.133. The zero-order valence-electron chi connectivity index (χ0n) is 24.0. The predicted octanol–water partition coefficient (Wildman–Crippen LogP) is 4.58. The number of benzene rings is 2. The van der Waals surface area contributed by atoms with Gasteiger partial charge in [0.25, 0.3) is 5.92 Å². The van der Waals surface area contributed by atoms with Crippen molar-refractivity contribution >= 4 is 50.7 Å². The maximum atomic E-state index is 14.4. The largest absolute Gasteiger partial charge is 0.351 e. The van der Waals surface area contributed by atoms with Crippen LogP contribution in [0.1, 0.15) is 49.3 Å². The highest BCUT2D eigenvalue weighted by Crippen LogP contribution is 2.39. The molecular weight excluding hydrogens is 628 g/mol. The van der Waals surface area contributed by atoms with Crippen LogP contribution in [-0.4, -0.2) is 55.4 Å². The van der Waals surface area contributed by atoms with E-state index in [1.165, 1.54) is 59.6 Å². The summed E-state index contributed by atoms with van der Waals surface area (Å²) < 4.78 is 52.3. The van der Waals surface area contributed by atoms with E-state index >= 15 is 0 Å². The Morgan fingerprint density at radius 1 is 1.18 bits per heavy atom. The predicted molar refractivity (Wildman–Crippen MR) is 161 cm³/mol. The molecule has 2 aromatic carbocycles. The third kappa shape index (κ3) is 6.97. The second-order valence-electron chi connectivity index (χ2n) is 11.1. The zero-order chi connectivity index (χ0) is 32.5. The molecule has 2 atom stereocenters. The molecule has 45 heavy (non-hydrogen) atoms. The summed E-state index contributed by atoms with van der Waals surface area (Å²) in [4.78, 5) is 47.8. The average Bonchev–Trinajstić information content (AvgIpc) is 3.34. The molecule has 1 unspecified atom stereocenters. The minimum Gasteiger partial charge on any atom is -0.351 e. The number of alkyl halides is 2. The summed E-state index contributed by atoms with van der Waals surface area (Å²) in [7, 11) is -3.75. The number of carbonyl (C=O) groups excluding carboxylic acids is 3. The van der Waals surface area contributed by atoms with Crippen molar-refractivity contribution in [2.45, 2.75) is 61.0 Å². The van der Waals surface area contributed by atoms with E-state index in [0.717, 1.165) is 11.2 Å². The van der Waals surface area contributed by atoms with Crippen LogP contribution in [0.25, 0.3) is 0 Å². The fourth-order valence-electron chi connectivity index (χ4n) is 5.61. The van der Waals surface area contributed by atoms with Crippen molar-refractivity contribution in [3.8, 4) is 6.07 Å². The molecule has 1 saturated heterocycles. The van der Waals surface area contributed by atoms with Crippen molar-refractivity contribution in [3.05, 3.63) is 83.0 Å². The number of rotatable bonds is 9. The second kappa shape index (κ2) is 12.5. The van der Waals surface area contributed by atoms with Gasteiger partial charge >= 0.3 is 0 Å². The normalized spacial score (nSPS) is 18.5. The Labute approximate surface area is 263 Å². The molecule has 1 saturated carbocycles. The lowest BCUT2D eigenvalue weighted by atomic mass is 9.87. The average molecular weight is 656 g/mol. The first-order valence-electron chi connectivity index (χ1n) is 14.0. The second-order valence-corrected chi connectivity index (χ2v) is 13.5. The summed E-state index contributed by atoms with van der Waals surface area (Å²) in [5.74, 6) is -4.50. The van der Waals surface area contributed by atoms with Gasteiger partial charge in [-0.3, -0.25) is 24.2 Å². The number of sulfone groups is 1. The lowest BCUT2D eigenvalue weighted by Crippen LogP contribution is -2.54. The SMILES string of the molecule is CS(=O)(=O)c1cccc(N(C(=O)C[C@@H]2CCC(=O)N2c2cc(C#N)ccn2)C(C(=O)NC2CC(F)(F)C2)c2ccccc2Cl)c1. The van der Waals surface area contributed by atoms with Crippen LogP contribution >= 0.6 is 11.6 Å². The number of hydrogen-bond donors (Lipinski definition) is 1. The summed E-state index contributed by atoms with van der Waals surface area (Å²) in [6.07, 6.45) is 1.28. The molecule has 2 aliphatic rings. The van der Waals surface area contributed by atoms with E-state index in [1.54, 1.807) is 12.1 Å². The molecule has 3 amide bonds. The van der Waals surface area contributed by atoms with Gasteiger partial charge in [0, 0.05) is 66.5 Å². The number of carbonyl (C=O) groups is 3. The summed E-state index contributed by atoms with van der Waals surface area (Å²) in [6.45, 7) is 0. The van der Waals surface area contributed by atoms with Crippen molar-refractivity contribution in [3.63, 3.8) is 0 Å². The summed E-state index contributed by atoms with van der Waals surface area (Å²) in [5, 5.41) is 12.1. The molecule has 2 heterocycles. The highest BCUT2D eigenvalue weighted by Gasteiger charge is 2.47. The summed E-state index contributed by atoms with van der Waals surface area (Å²) in [5.41, 5.74) is 0.493. The first kappa shape index (κ1) is 32.0. The third-order valence-electron chi connectivity index (χ3n) is 7.79. The Morgan fingerprint density at radius 2 is 1.91 bits per heavy atom. The molecule has 234 valence electrons. The number of pyridine rings is 1. The minimum absolute atomic E-state index is 0.0439. The van der Waals surface area contributed by atoms with Crippen LogP contribution < -0.4 is 15.1 Å². The highest BCUT2D eigenvalue weighted by molar-refractivity contribution is 7.90. The van der Waals surface area contributed by atoms with E-state index in [-0.39, 0.29) is 57.7 Å². The minimum atomic E-state index is -3.75. The number of nitrogens with one attached hydrogen (secondary N) is 1. The van der Waals surface area contributed by atoms with Crippen LogP contribution in [-0.2, 0) is 24.2 Å². The summed E-state index contributed by atoms with van der Waals surface area (Å²) >= 11 is 6.53. The van der Waals surface area contributed by atoms with E-state index in [1.807, 2.05) is 6.07 Å². The van der Waals surface area contributed by atoms with E-state index in [4.69, 9.17) is 11.6 Å². The standard InChI is InChI=1S/C31H28ClF2N5O5S/c1-45(43,44)23-6-4-5-21(14-23)39(28(41)15-22-9-10-27(40)38(22)26-13-19(18-35)11-12-36-26)29(24-7-2-3-8-25(24)32)30(42)37-20-16-31(33,34)17-20/h2-8,11-14,20,22,29H,9-10,15-17H2,1H3,(H,37,42)/t22-,29?/m0/s1. The maximum Gasteiger partial charge on any atom is 0.252 e. The van der Waals surface area contributed by atoms with E-state index in [9.17, 15) is 36.8 Å². The van der Waals surface area contributed by atoms with Gasteiger partial charge in [-0.2, -0.15) is 5.26 Å². The van der Waals surface area contributed by atoms with Gasteiger partial charge in [-0.25, -0.2) is 22.2 Å². The molecule has 1 aliphatic heterocycles. The van der Waals surface area contributed by atoms with Gasteiger partial charge < -0.3 is 5.32 Å². The number of anilines is 2. The molecule has 14 heteroatoms. The smallest absolute Gasteiger partial charge is 0.252 e. The first-order valence-corrected chi connectivity index (χ1v) is 16.3. The molecule has 1 N–H and O–H groups in total. The number of aromatic nitrogens is 1. The van der Waals surface area contributed by atoms with Crippen LogP contribution in [0.5, 0.6) is 0 Å². The van der Waals surface area contributed by atoms with Crippen molar-refractivity contribution in [2.75, 3.05) is 16.1 Å². The molecule has 0 radical (unpaired) electrons. The molecule has 1 aromatic heterocycles. The van der Waals surface area contributed by atoms with Crippen LogP contribution in [0, 0.1) is 11.3 Å². The number of hydrogen-bond acceptors (Lipinski definition) is 7. The van der Waals surface area contributed by atoms with E-state index in [0.29, 0.717) is 0 Å². The Kier molecular flexibility index (Phi) is 8.91. The fraction of sp³-hybridized carbons (Fsp3) is 0.323. The van der Waals surface area contributed by atoms with Gasteiger partial charge in [0.15, 0.2) is 9.84 Å². The van der Waals surface area contributed by atoms with Crippen molar-refractivity contribution < 1.29 is 31.6 Å². The van der Waals surface area contributed by atoms with Crippen molar-refractivity contribution in [2.24, 2.45) is 0 Å². The monoisotopic (exact) mass is 655 g/mol. The zero-order valence-corrected chi connectivity index (χ0v) is 25.6. The number of nitriles is 1. The van der Waals surface area contributed by atoms with E-state index in [2.05, 4.69) is 10.3 Å². The molecule has 2 fully saturated rings. The topological polar surface area (TPSA) is 141 Å². The van der Waals surface area contributed by atoms with Gasteiger partial charge in [0.05, 0.1) is 16.5 Å². The molecule has 5 rings (SSSR count). The lowest BCUT2D eigenvalue weighted by Gasteiger charge is -2.38. The Morgan fingerprint density at radius 3 is 2.58 bits per heavy atom. The van der Waals surface area contributed by atoms with E-state index < -0.39 is 58.5 Å². The molecule has 1 aliphatic carbocycles. The van der Waals surface area contributed by atoms with Gasteiger partial charge in [0.2, 0.25) is 17.7 Å². The van der Waals surface area contributed by atoms with Crippen LogP contribution in [0.2, 0.25) is 5.02 Å². The van der Waals surface area contributed by atoms with Gasteiger partial charge in [-0.1, -0.05) is 35.9 Å². The first-order chi connectivity index (χ1) is 21.3. The van der Waals surface area contributed by atoms with Crippen LogP contribution in [0.3, 0.4) is 0 Å². The van der Waals surface area contributed by atoms with Gasteiger partial charge in [0.1, 0.15) is 11.9 Å². The summed E-state index contributed by atoms with van der Waals surface area (Å²) in [6, 6.07) is 13.6. The van der Waals surface area contributed by atoms with Gasteiger partial charge in [-0.15, -0.1) is 0 Å². The molecule has 10 nitrogen and oxygen atoms in total. The number of halogens is 3. The maximum absolute atomic E-state index is 14.4. The Bertz CT molecular complexity index is 1810. The number of amides is 3. The van der Waals surface area contributed by atoms with Crippen LogP contribution in [0.15, 0.2) is 71.8 Å². The molecule has 3 aromatic rings. The molecular formula is C31H28ClF2N5O5S. The fourth-order valence-corrected chi connectivity index (χ4v) is 6.51. The van der Waals surface area contributed by atoms with Crippen molar-refractivity contribution in [1.82, 2.24) is 10.3 Å². The quantitative estimate of drug-likeness (QED) is 0.356. The highest BCUT2D eigenvalue weighted by atomic mass is 35.5.